The van der Waals surface area contributed by atoms with Crippen molar-refractivity contribution in [3.63, 3.8) is 0 Å². The van der Waals surface area contributed by atoms with E-state index in [1.165, 1.54) is 19.1 Å². The Morgan fingerprint density at radius 2 is 1.82 bits per heavy atom. The average Bonchev–Trinajstić information content (AvgIpc) is 2.29. The summed E-state index contributed by atoms with van der Waals surface area (Å²) in [6.07, 6.45) is 0. The van der Waals surface area contributed by atoms with Crippen molar-refractivity contribution in [3.05, 3.63) is 54.3 Å². The summed E-state index contributed by atoms with van der Waals surface area (Å²) < 4.78 is 13.2. The molecular weight excluding hydrogens is 217 g/mol. The molecule has 0 heterocycles. The molecule has 0 aliphatic rings. The molecule has 0 aliphatic heterocycles. The predicted octanol–water partition coefficient (Wildman–Crippen LogP) is 3.45. The number of halogens is 1. The highest BCUT2D eigenvalue weighted by Gasteiger charge is 2.07. The Morgan fingerprint density at radius 3 is 2.47 bits per heavy atom. The number of rotatable bonds is 2. The van der Waals surface area contributed by atoms with E-state index in [1.807, 2.05) is 30.3 Å². The van der Waals surface area contributed by atoms with Gasteiger partial charge in [0.05, 0.1) is 5.69 Å². The van der Waals surface area contributed by atoms with Crippen LogP contribution in [0.4, 0.5) is 10.1 Å². The quantitative estimate of drug-likeness (QED) is 0.839. The molecule has 0 saturated carbocycles. The van der Waals surface area contributed by atoms with Crippen molar-refractivity contribution in [1.29, 1.82) is 0 Å². The van der Waals surface area contributed by atoms with Gasteiger partial charge in [-0.1, -0.05) is 30.3 Å². The minimum absolute atomic E-state index is 0.215. The maximum Gasteiger partial charge on any atom is 0.221 e. The minimum Gasteiger partial charge on any atom is -0.326 e. The maximum absolute atomic E-state index is 13.2. The van der Waals surface area contributed by atoms with E-state index in [9.17, 15) is 9.18 Å². The first-order chi connectivity index (χ1) is 8.16. The molecule has 2 aromatic carbocycles. The fraction of sp³-hybridized carbons (Fsp3) is 0.0714. The number of nitrogens with one attached hydrogen (secondary N) is 1. The lowest BCUT2D eigenvalue weighted by Crippen LogP contribution is -2.07. The summed E-state index contributed by atoms with van der Waals surface area (Å²) in [6, 6.07) is 13.9. The lowest BCUT2D eigenvalue weighted by Gasteiger charge is -2.10. The van der Waals surface area contributed by atoms with Crippen molar-refractivity contribution in [3.8, 4) is 11.1 Å². The molecule has 1 amide bonds. The number of carbonyl (C=O) groups is 1. The number of benzene rings is 2. The standard InChI is InChI=1S/C14H12FNO/c1-10(17)16-14-9-12(15)7-8-13(14)11-5-3-2-4-6-11/h2-9H,1H3,(H,16,17). The lowest BCUT2D eigenvalue weighted by molar-refractivity contribution is -0.114. The number of hydrogen-bond donors (Lipinski definition) is 1. The van der Waals surface area contributed by atoms with Gasteiger partial charge in [-0.3, -0.25) is 4.79 Å². The van der Waals surface area contributed by atoms with Gasteiger partial charge in [-0.15, -0.1) is 0 Å². The molecule has 0 bridgehead atoms. The monoisotopic (exact) mass is 229 g/mol. The molecular formula is C14H12FNO. The van der Waals surface area contributed by atoms with Gasteiger partial charge in [0.25, 0.3) is 0 Å². The molecule has 17 heavy (non-hydrogen) atoms. The smallest absolute Gasteiger partial charge is 0.221 e. The second-order valence-corrected chi connectivity index (χ2v) is 3.74. The van der Waals surface area contributed by atoms with E-state index in [0.29, 0.717) is 5.69 Å². The molecule has 1 N–H and O–H groups in total. The first-order valence-electron chi connectivity index (χ1n) is 5.29. The highest BCUT2D eigenvalue weighted by Crippen LogP contribution is 2.28. The summed E-state index contributed by atoms with van der Waals surface area (Å²) in [7, 11) is 0. The maximum atomic E-state index is 13.2. The summed E-state index contributed by atoms with van der Waals surface area (Å²) in [5.74, 6) is -0.582. The summed E-state index contributed by atoms with van der Waals surface area (Å²) in [5.41, 5.74) is 2.24. The molecule has 0 unspecified atom stereocenters. The molecule has 0 spiro atoms. The van der Waals surface area contributed by atoms with Crippen LogP contribution < -0.4 is 5.32 Å². The van der Waals surface area contributed by atoms with Gasteiger partial charge in [0.1, 0.15) is 5.82 Å². The number of carbonyl (C=O) groups excluding carboxylic acids is 1. The van der Waals surface area contributed by atoms with E-state index in [-0.39, 0.29) is 11.7 Å². The van der Waals surface area contributed by atoms with Crippen molar-refractivity contribution >= 4 is 11.6 Å². The van der Waals surface area contributed by atoms with E-state index < -0.39 is 0 Å². The van der Waals surface area contributed by atoms with Gasteiger partial charge in [-0.2, -0.15) is 0 Å². The fourth-order valence-electron chi connectivity index (χ4n) is 1.68. The van der Waals surface area contributed by atoms with Crippen LogP contribution in [0.1, 0.15) is 6.92 Å². The third-order valence-corrected chi connectivity index (χ3v) is 2.38. The molecule has 0 fully saturated rings. The Balaban J connectivity index is 2.50. The third-order valence-electron chi connectivity index (χ3n) is 2.38. The van der Waals surface area contributed by atoms with Crippen LogP contribution in [0.15, 0.2) is 48.5 Å². The summed E-state index contributed by atoms with van der Waals surface area (Å²) >= 11 is 0. The van der Waals surface area contributed by atoms with E-state index in [4.69, 9.17) is 0 Å². The third kappa shape index (κ3) is 2.69. The van der Waals surface area contributed by atoms with Crippen LogP contribution in [-0.2, 0) is 4.79 Å². The van der Waals surface area contributed by atoms with Crippen LogP contribution in [-0.4, -0.2) is 5.91 Å². The van der Waals surface area contributed by atoms with Crippen LogP contribution >= 0.6 is 0 Å². The van der Waals surface area contributed by atoms with Crippen molar-refractivity contribution in [1.82, 2.24) is 0 Å². The van der Waals surface area contributed by atoms with E-state index in [0.717, 1.165) is 11.1 Å². The largest absolute Gasteiger partial charge is 0.326 e. The normalized spacial score (nSPS) is 10.0. The van der Waals surface area contributed by atoms with Crippen molar-refractivity contribution in [2.24, 2.45) is 0 Å². The van der Waals surface area contributed by atoms with E-state index >= 15 is 0 Å². The molecule has 0 aromatic heterocycles. The van der Waals surface area contributed by atoms with Gasteiger partial charge in [0.2, 0.25) is 5.91 Å². The Labute approximate surface area is 99.1 Å². The number of amides is 1. The average molecular weight is 229 g/mol. The zero-order valence-electron chi connectivity index (χ0n) is 9.41. The zero-order chi connectivity index (χ0) is 12.3. The SMILES string of the molecule is CC(=O)Nc1cc(F)ccc1-c1ccccc1. The van der Waals surface area contributed by atoms with Crippen LogP contribution in [0.2, 0.25) is 0 Å². The molecule has 0 saturated heterocycles. The molecule has 0 radical (unpaired) electrons. The van der Waals surface area contributed by atoms with Crippen LogP contribution in [0.25, 0.3) is 11.1 Å². The Morgan fingerprint density at radius 1 is 1.12 bits per heavy atom. The zero-order valence-corrected chi connectivity index (χ0v) is 9.41. The molecule has 2 aromatic rings. The molecule has 0 atom stereocenters. The summed E-state index contributed by atoms with van der Waals surface area (Å²) in [4.78, 5) is 11.1. The van der Waals surface area contributed by atoms with Gasteiger partial charge < -0.3 is 5.32 Å². The first kappa shape index (κ1) is 11.3. The molecule has 3 heteroatoms. The van der Waals surface area contributed by atoms with Crippen molar-refractivity contribution in [2.45, 2.75) is 6.92 Å². The van der Waals surface area contributed by atoms with Gasteiger partial charge >= 0.3 is 0 Å². The highest BCUT2D eigenvalue weighted by atomic mass is 19.1. The summed E-state index contributed by atoms with van der Waals surface area (Å²) in [5, 5.41) is 2.63. The van der Waals surface area contributed by atoms with E-state index in [2.05, 4.69) is 5.32 Å². The molecule has 2 rings (SSSR count). The number of hydrogen-bond acceptors (Lipinski definition) is 1. The first-order valence-corrected chi connectivity index (χ1v) is 5.29. The molecule has 86 valence electrons. The molecule has 2 nitrogen and oxygen atoms in total. The Hall–Kier alpha value is -2.16. The Kier molecular flexibility index (Phi) is 3.19. The van der Waals surface area contributed by atoms with Crippen molar-refractivity contribution < 1.29 is 9.18 Å². The fourth-order valence-corrected chi connectivity index (χ4v) is 1.68. The van der Waals surface area contributed by atoms with Crippen LogP contribution in [0.5, 0.6) is 0 Å². The Bertz CT molecular complexity index is 537. The minimum atomic E-state index is -0.367. The number of anilines is 1. The van der Waals surface area contributed by atoms with Crippen molar-refractivity contribution in [2.75, 3.05) is 5.32 Å². The highest BCUT2D eigenvalue weighted by molar-refractivity contribution is 5.94. The second-order valence-electron chi connectivity index (χ2n) is 3.74. The molecule has 0 aliphatic carbocycles. The summed E-state index contributed by atoms with van der Waals surface area (Å²) in [6.45, 7) is 1.40. The van der Waals surface area contributed by atoms with Crippen LogP contribution in [0, 0.1) is 5.82 Å². The predicted molar refractivity (Wildman–Crippen MR) is 66.1 cm³/mol. The second kappa shape index (κ2) is 4.78. The van der Waals surface area contributed by atoms with E-state index in [1.54, 1.807) is 6.07 Å². The van der Waals surface area contributed by atoms with Gasteiger partial charge in [0, 0.05) is 12.5 Å². The topological polar surface area (TPSA) is 29.1 Å². The van der Waals surface area contributed by atoms with Gasteiger partial charge in [0.15, 0.2) is 0 Å². The van der Waals surface area contributed by atoms with Gasteiger partial charge in [-0.05, 0) is 23.8 Å². The lowest BCUT2D eigenvalue weighted by atomic mass is 10.0. The van der Waals surface area contributed by atoms with Crippen LogP contribution in [0.3, 0.4) is 0 Å². The van der Waals surface area contributed by atoms with Gasteiger partial charge in [-0.25, -0.2) is 4.39 Å².